The van der Waals surface area contributed by atoms with Crippen molar-refractivity contribution in [3.8, 4) is 0 Å². The number of nitrogens with two attached hydrogens (primary N) is 1. The lowest BCUT2D eigenvalue weighted by molar-refractivity contribution is -0.137. The summed E-state index contributed by atoms with van der Waals surface area (Å²) < 4.78 is 0. The highest BCUT2D eigenvalue weighted by Crippen LogP contribution is 2.28. The van der Waals surface area contributed by atoms with Crippen LogP contribution < -0.4 is 10.6 Å². The monoisotopic (exact) mass is 315 g/mol. The van der Waals surface area contributed by atoms with Crippen molar-refractivity contribution < 1.29 is 9.59 Å². The first kappa shape index (κ1) is 16.0. The Morgan fingerprint density at radius 3 is 2.48 bits per heavy atom. The number of rotatable bonds is 3. The van der Waals surface area contributed by atoms with E-state index in [4.69, 9.17) is 5.73 Å². The van der Waals surface area contributed by atoms with Crippen LogP contribution in [-0.2, 0) is 9.59 Å². The van der Waals surface area contributed by atoms with E-state index in [9.17, 15) is 9.59 Å². The van der Waals surface area contributed by atoms with Gasteiger partial charge in [0.2, 0.25) is 11.8 Å². The first-order chi connectivity index (χ1) is 11.1. The lowest BCUT2D eigenvalue weighted by Gasteiger charge is -2.33. The molecule has 2 N–H and O–H groups in total. The van der Waals surface area contributed by atoms with Gasteiger partial charge in [0, 0.05) is 31.7 Å². The Morgan fingerprint density at radius 1 is 1.22 bits per heavy atom. The predicted octanol–water partition coefficient (Wildman–Crippen LogP) is 1.55. The third kappa shape index (κ3) is 3.39. The number of piperidine rings is 1. The molecule has 2 aliphatic heterocycles. The number of carbonyl (C=O) groups is 2. The molecule has 2 fully saturated rings. The molecular weight excluding hydrogens is 290 g/mol. The summed E-state index contributed by atoms with van der Waals surface area (Å²) in [4.78, 5) is 28.6. The molecule has 124 valence electrons. The van der Waals surface area contributed by atoms with Gasteiger partial charge >= 0.3 is 0 Å². The van der Waals surface area contributed by atoms with E-state index in [-0.39, 0.29) is 17.7 Å². The molecule has 2 saturated heterocycles. The van der Waals surface area contributed by atoms with Crippen LogP contribution in [0.3, 0.4) is 0 Å². The van der Waals surface area contributed by atoms with Gasteiger partial charge < -0.3 is 15.5 Å². The van der Waals surface area contributed by atoms with Crippen LogP contribution in [0.15, 0.2) is 24.3 Å². The van der Waals surface area contributed by atoms with E-state index in [1.165, 1.54) is 0 Å². The number of likely N-dealkylation sites (tertiary alicyclic amines) is 1. The van der Waals surface area contributed by atoms with E-state index in [0.717, 1.165) is 37.2 Å². The zero-order valence-electron chi connectivity index (χ0n) is 13.7. The highest BCUT2D eigenvalue weighted by Gasteiger charge is 2.37. The van der Waals surface area contributed by atoms with E-state index in [1.54, 1.807) is 4.90 Å². The van der Waals surface area contributed by atoms with Crippen LogP contribution in [0, 0.1) is 18.8 Å². The standard InChI is InChI=1S/C18H25N3O2/c1-13-2-4-16(5-3-13)21-12-15(10-17(21)22)18(23)20-8-6-14(11-19)7-9-20/h2-5,14-15H,6-12,19H2,1H3. The van der Waals surface area contributed by atoms with Gasteiger partial charge in [-0.25, -0.2) is 0 Å². The topological polar surface area (TPSA) is 66.6 Å². The van der Waals surface area contributed by atoms with E-state index >= 15 is 0 Å². The molecule has 2 amide bonds. The van der Waals surface area contributed by atoms with E-state index in [2.05, 4.69) is 0 Å². The Morgan fingerprint density at radius 2 is 1.87 bits per heavy atom. The van der Waals surface area contributed by atoms with E-state index < -0.39 is 0 Å². The molecule has 1 atom stereocenters. The number of amides is 2. The molecule has 1 aromatic rings. The second-order valence-electron chi connectivity index (χ2n) is 6.75. The largest absolute Gasteiger partial charge is 0.342 e. The molecule has 0 saturated carbocycles. The highest BCUT2D eigenvalue weighted by atomic mass is 16.2. The minimum atomic E-state index is -0.210. The molecule has 0 spiro atoms. The Kier molecular flexibility index (Phi) is 4.66. The Labute approximate surface area is 137 Å². The summed E-state index contributed by atoms with van der Waals surface area (Å²) in [5.41, 5.74) is 7.75. The van der Waals surface area contributed by atoms with E-state index in [0.29, 0.717) is 25.4 Å². The van der Waals surface area contributed by atoms with Crippen LogP contribution in [0.2, 0.25) is 0 Å². The number of hydrogen-bond donors (Lipinski definition) is 1. The number of nitrogens with zero attached hydrogens (tertiary/aromatic N) is 2. The maximum atomic E-state index is 12.7. The molecule has 0 radical (unpaired) electrons. The maximum Gasteiger partial charge on any atom is 0.228 e. The van der Waals surface area contributed by atoms with Gasteiger partial charge in [-0.2, -0.15) is 0 Å². The molecule has 23 heavy (non-hydrogen) atoms. The van der Waals surface area contributed by atoms with Crippen molar-refractivity contribution in [1.29, 1.82) is 0 Å². The lowest BCUT2D eigenvalue weighted by Crippen LogP contribution is -2.43. The second kappa shape index (κ2) is 6.71. The number of aryl methyl sites for hydroxylation is 1. The van der Waals surface area contributed by atoms with Gasteiger partial charge in [-0.1, -0.05) is 17.7 Å². The summed E-state index contributed by atoms with van der Waals surface area (Å²) in [6.07, 6.45) is 2.28. The van der Waals surface area contributed by atoms with Gasteiger partial charge in [-0.05, 0) is 44.4 Å². The van der Waals surface area contributed by atoms with Crippen LogP contribution in [-0.4, -0.2) is 42.9 Å². The average molecular weight is 315 g/mol. The van der Waals surface area contributed by atoms with Gasteiger partial charge in [0.05, 0.1) is 5.92 Å². The molecular formula is C18H25N3O2. The Hall–Kier alpha value is -1.88. The number of carbonyl (C=O) groups excluding carboxylic acids is 2. The van der Waals surface area contributed by atoms with Crippen LogP contribution in [0.5, 0.6) is 0 Å². The third-order valence-corrected chi connectivity index (χ3v) is 5.08. The summed E-state index contributed by atoms with van der Waals surface area (Å²) in [7, 11) is 0. The average Bonchev–Trinajstić information content (AvgIpc) is 2.97. The van der Waals surface area contributed by atoms with Crippen LogP contribution in [0.4, 0.5) is 5.69 Å². The van der Waals surface area contributed by atoms with Crippen molar-refractivity contribution in [3.63, 3.8) is 0 Å². The predicted molar refractivity (Wildman–Crippen MR) is 90.0 cm³/mol. The van der Waals surface area contributed by atoms with Gasteiger partial charge in [0.1, 0.15) is 0 Å². The Bertz CT molecular complexity index is 576. The molecule has 2 aliphatic rings. The fraction of sp³-hybridized carbons (Fsp3) is 0.556. The van der Waals surface area contributed by atoms with Gasteiger partial charge in [0.25, 0.3) is 0 Å². The first-order valence-corrected chi connectivity index (χ1v) is 8.44. The number of anilines is 1. The summed E-state index contributed by atoms with van der Waals surface area (Å²) in [6.45, 7) is 4.77. The summed E-state index contributed by atoms with van der Waals surface area (Å²) in [6, 6.07) is 7.89. The molecule has 3 rings (SSSR count). The minimum absolute atomic E-state index is 0.0454. The second-order valence-corrected chi connectivity index (χ2v) is 6.75. The highest BCUT2D eigenvalue weighted by molar-refractivity contribution is 6.00. The zero-order valence-corrected chi connectivity index (χ0v) is 13.7. The quantitative estimate of drug-likeness (QED) is 0.920. The maximum absolute atomic E-state index is 12.7. The summed E-state index contributed by atoms with van der Waals surface area (Å²) >= 11 is 0. The zero-order chi connectivity index (χ0) is 16.4. The molecule has 0 bridgehead atoms. The van der Waals surface area contributed by atoms with E-state index in [1.807, 2.05) is 36.1 Å². The van der Waals surface area contributed by atoms with Crippen molar-refractivity contribution in [2.24, 2.45) is 17.6 Å². The van der Waals surface area contributed by atoms with Crippen molar-refractivity contribution in [3.05, 3.63) is 29.8 Å². The van der Waals surface area contributed by atoms with Gasteiger partial charge in [-0.3, -0.25) is 9.59 Å². The van der Waals surface area contributed by atoms with Crippen molar-refractivity contribution in [2.75, 3.05) is 31.1 Å². The molecule has 0 aliphatic carbocycles. The SMILES string of the molecule is Cc1ccc(N2CC(C(=O)N3CCC(CN)CC3)CC2=O)cc1. The fourth-order valence-electron chi connectivity index (χ4n) is 3.49. The Balaban J connectivity index is 1.63. The number of hydrogen-bond acceptors (Lipinski definition) is 3. The van der Waals surface area contributed by atoms with Crippen molar-refractivity contribution in [2.45, 2.75) is 26.2 Å². The first-order valence-electron chi connectivity index (χ1n) is 8.44. The van der Waals surface area contributed by atoms with Crippen molar-refractivity contribution in [1.82, 2.24) is 4.90 Å². The fourth-order valence-corrected chi connectivity index (χ4v) is 3.49. The molecule has 2 heterocycles. The lowest BCUT2D eigenvalue weighted by atomic mass is 9.95. The smallest absolute Gasteiger partial charge is 0.228 e. The van der Waals surface area contributed by atoms with Crippen molar-refractivity contribution >= 4 is 17.5 Å². The molecule has 0 aromatic heterocycles. The third-order valence-electron chi connectivity index (χ3n) is 5.08. The number of benzene rings is 1. The van der Waals surface area contributed by atoms with Gasteiger partial charge in [-0.15, -0.1) is 0 Å². The van der Waals surface area contributed by atoms with Crippen LogP contribution in [0.1, 0.15) is 24.8 Å². The normalized spacial score (nSPS) is 22.7. The molecule has 5 heteroatoms. The van der Waals surface area contributed by atoms with Crippen LogP contribution >= 0.6 is 0 Å². The molecule has 1 aromatic carbocycles. The summed E-state index contributed by atoms with van der Waals surface area (Å²) in [5, 5.41) is 0. The summed E-state index contributed by atoms with van der Waals surface area (Å²) in [5.74, 6) is 0.499. The molecule has 5 nitrogen and oxygen atoms in total. The van der Waals surface area contributed by atoms with Crippen LogP contribution in [0.25, 0.3) is 0 Å². The minimum Gasteiger partial charge on any atom is -0.342 e. The molecule has 1 unspecified atom stereocenters. The van der Waals surface area contributed by atoms with Gasteiger partial charge in [0.15, 0.2) is 0 Å².